The summed E-state index contributed by atoms with van der Waals surface area (Å²) in [6, 6.07) is 3.73. The first-order chi connectivity index (χ1) is 10.2. The molecule has 6 nitrogen and oxygen atoms in total. The molecule has 0 fully saturated rings. The fraction of sp³-hybridized carbons (Fsp3) is 0.462. The van der Waals surface area contributed by atoms with Gasteiger partial charge < -0.3 is 15.1 Å². The maximum Gasteiger partial charge on any atom is 0.233 e. The standard InChI is InChI=1S/C13H18N4O2S2/c1-3-6-14-11(18)9(2)20-13-17-16-12(21-13)15-8-10-5-4-7-19-10/h4-5,7,9H,3,6,8H2,1-2H3,(H,14,18)(H,15,16). The molecule has 2 heterocycles. The Balaban J connectivity index is 1.80. The number of thioether (sulfide) groups is 1. The molecule has 1 amide bonds. The van der Waals surface area contributed by atoms with Gasteiger partial charge in [-0.25, -0.2) is 0 Å². The molecular weight excluding hydrogens is 308 g/mol. The topological polar surface area (TPSA) is 80.0 Å². The van der Waals surface area contributed by atoms with E-state index in [1.807, 2.05) is 26.0 Å². The minimum absolute atomic E-state index is 0.0298. The largest absolute Gasteiger partial charge is 0.467 e. The molecule has 0 aliphatic carbocycles. The van der Waals surface area contributed by atoms with Crippen molar-refractivity contribution in [3.63, 3.8) is 0 Å². The summed E-state index contributed by atoms with van der Waals surface area (Å²) >= 11 is 2.85. The summed E-state index contributed by atoms with van der Waals surface area (Å²) in [6.45, 7) is 5.17. The molecule has 0 saturated carbocycles. The first-order valence-electron chi connectivity index (χ1n) is 6.73. The average Bonchev–Trinajstić information content (AvgIpc) is 3.13. The van der Waals surface area contributed by atoms with E-state index in [1.54, 1.807) is 6.26 Å². The molecule has 0 saturated heterocycles. The number of rotatable bonds is 8. The highest BCUT2D eigenvalue weighted by molar-refractivity contribution is 8.02. The third-order valence-corrected chi connectivity index (χ3v) is 4.66. The second-order valence-corrected chi connectivity index (χ2v) is 6.92. The second-order valence-electron chi connectivity index (χ2n) is 4.36. The number of nitrogens with one attached hydrogen (secondary N) is 2. The first-order valence-corrected chi connectivity index (χ1v) is 8.42. The quantitative estimate of drug-likeness (QED) is 0.726. The van der Waals surface area contributed by atoms with Gasteiger partial charge in [-0.1, -0.05) is 30.0 Å². The monoisotopic (exact) mass is 326 g/mol. The molecule has 0 aliphatic rings. The fourth-order valence-electron chi connectivity index (χ4n) is 1.50. The Labute approximate surface area is 131 Å². The van der Waals surface area contributed by atoms with Gasteiger partial charge in [0.25, 0.3) is 0 Å². The molecule has 0 radical (unpaired) electrons. The van der Waals surface area contributed by atoms with Gasteiger partial charge in [-0.05, 0) is 25.5 Å². The van der Waals surface area contributed by atoms with E-state index in [2.05, 4.69) is 20.8 Å². The van der Waals surface area contributed by atoms with Gasteiger partial charge in [0.1, 0.15) is 5.76 Å². The Morgan fingerprint density at radius 2 is 2.38 bits per heavy atom. The Morgan fingerprint density at radius 1 is 1.52 bits per heavy atom. The molecule has 21 heavy (non-hydrogen) atoms. The summed E-state index contributed by atoms with van der Waals surface area (Å²) in [7, 11) is 0. The van der Waals surface area contributed by atoms with Crippen LogP contribution in [0.2, 0.25) is 0 Å². The maximum absolute atomic E-state index is 11.8. The van der Waals surface area contributed by atoms with Crippen LogP contribution in [0.15, 0.2) is 27.2 Å². The smallest absolute Gasteiger partial charge is 0.233 e. The molecule has 2 aromatic heterocycles. The van der Waals surface area contributed by atoms with Crippen LogP contribution in [-0.4, -0.2) is 27.9 Å². The summed E-state index contributed by atoms with van der Waals surface area (Å²) in [5.74, 6) is 0.869. The Kier molecular flexibility index (Phi) is 6.06. The van der Waals surface area contributed by atoms with Crippen LogP contribution in [-0.2, 0) is 11.3 Å². The zero-order valence-electron chi connectivity index (χ0n) is 12.0. The molecule has 2 N–H and O–H groups in total. The van der Waals surface area contributed by atoms with Gasteiger partial charge in [0, 0.05) is 6.54 Å². The van der Waals surface area contributed by atoms with E-state index >= 15 is 0 Å². The number of furan rings is 1. The van der Waals surface area contributed by atoms with Crippen molar-refractivity contribution in [2.75, 3.05) is 11.9 Å². The number of hydrogen-bond donors (Lipinski definition) is 2. The van der Waals surface area contributed by atoms with Gasteiger partial charge in [0.05, 0.1) is 18.1 Å². The SMILES string of the molecule is CCCNC(=O)C(C)Sc1nnc(NCc2ccco2)s1. The number of amides is 1. The van der Waals surface area contributed by atoms with Crippen LogP contribution in [0, 0.1) is 0 Å². The molecule has 2 aromatic rings. The Bertz CT molecular complexity index is 556. The lowest BCUT2D eigenvalue weighted by atomic mass is 10.4. The number of carbonyl (C=O) groups excluding carboxylic acids is 1. The van der Waals surface area contributed by atoms with E-state index < -0.39 is 0 Å². The molecule has 0 aliphatic heterocycles. The van der Waals surface area contributed by atoms with Gasteiger partial charge in [0.15, 0.2) is 4.34 Å². The van der Waals surface area contributed by atoms with Crippen molar-refractivity contribution < 1.29 is 9.21 Å². The van der Waals surface area contributed by atoms with Crippen LogP contribution in [0.1, 0.15) is 26.0 Å². The third-order valence-electron chi connectivity index (χ3n) is 2.60. The summed E-state index contributed by atoms with van der Waals surface area (Å²) in [5.41, 5.74) is 0. The fourth-order valence-corrected chi connectivity index (χ4v) is 3.42. The predicted octanol–water partition coefficient (Wildman–Crippen LogP) is 2.75. The molecule has 2 rings (SSSR count). The lowest BCUT2D eigenvalue weighted by molar-refractivity contribution is -0.120. The molecule has 114 valence electrons. The first kappa shape index (κ1) is 15.8. The van der Waals surface area contributed by atoms with E-state index in [0.717, 1.165) is 21.7 Å². The maximum atomic E-state index is 11.8. The number of anilines is 1. The summed E-state index contributed by atoms with van der Waals surface area (Å²) < 4.78 is 6.01. The van der Waals surface area contributed by atoms with Crippen molar-refractivity contribution in [2.24, 2.45) is 0 Å². The Hall–Kier alpha value is -1.54. The number of hydrogen-bond acceptors (Lipinski definition) is 7. The molecule has 1 unspecified atom stereocenters. The minimum atomic E-state index is -0.178. The average molecular weight is 326 g/mol. The van der Waals surface area contributed by atoms with Gasteiger partial charge >= 0.3 is 0 Å². The van der Waals surface area contributed by atoms with Crippen molar-refractivity contribution in [1.82, 2.24) is 15.5 Å². The second kappa shape index (κ2) is 8.04. The zero-order valence-corrected chi connectivity index (χ0v) is 13.6. The highest BCUT2D eigenvalue weighted by Crippen LogP contribution is 2.29. The number of aromatic nitrogens is 2. The van der Waals surface area contributed by atoms with Gasteiger partial charge in [0.2, 0.25) is 11.0 Å². The number of carbonyl (C=O) groups is 1. The van der Waals surface area contributed by atoms with Gasteiger partial charge in [-0.2, -0.15) is 0 Å². The van der Waals surface area contributed by atoms with Crippen LogP contribution < -0.4 is 10.6 Å². The van der Waals surface area contributed by atoms with E-state index in [-0.39, 0.29) is 11.2 Å². The molecule has 8 heteroatoms. The third kappa shape index (κ3) is 5.05. The molecule has 1 atom stereocenters. The molecular formula is C13H18N4O2S2. The van der Waals surface area contributed by atoms with Crippen molar-refractivity contribution >= 4 is 34.1 Å². The number of nitrogens with zero attached hydrogens (tertiary/aromatic N) is 2. The van der Waals surface area contributed by atoms with Crippen molar-refractivity contribution in [3.05, 3.63) is 24.2 Å². The summed E-state index contributed by atoms with van der Waals surface area (Å²) in [5, 5.41) is 14.7. The summed E-state index contributed by atoms with van der Waals surface area (Å²) in [6.07, 6.45) is 2.57. The van der Waals surface area contributed by atoms with Crippen molar-refractivity contribution in [2.45, 2.75) is 36.4 Å². The molecule has 0 aromatic carbocycles. The highest BCUT2D eigenvalue weighted by Gasteiger charge is 2.16. The highest BCUT2D eigenvalue weighted by atomic mass is 32.2. The molecule has 0 bridgehead atoms. The van der Waals surface area contributed by atoms with Crippen molar-refractivity contribution in [3.8, 4) is 0 Å². The lowest BCUT2D eigenvalue weighted by Crippen LogP contribution is -2.31. The van der Waals surface area contributed by atoms with Crippen LogP contribution >= 0.6 is 23.1 Å². The van der Waals surface area contributed by atoms with Crippen LogP contribution in [0.5, 0.6) is 0 Å². The predicted molar refractivity (Wildman–Crippen MR) is 84.6 cm³/mol. The van der Waals surface area contributed by atoms with Gasteiger partial charge in [-0.15, -0.1) is 10.2 Å². The normalized spacial score (nSPS) is 12.1. The van der Waals surface area contributed by atoms with Crippen LogP contribution in [0.4, 0.5) is 5.13 Å². The van der Waals surface area contributed by atoms with E-state index in [9.17, 15) is 4.79 Å². The summed E-state index contributed by atoms with van der Waals surface area (Å²) in [4.78, 5) is 11.8. The Morgan fingerprint density at radius 3 is 3.10 bits per heavy atom. The minimum Gasteiger partial charge on any atom is -0.467 e. The van der Waals surface area contributed by atoms with E-state index in [0.29, 0.717) is 13.1 Å². The van der Waals surface area contributed by atoms with E-state index in [1.165, 1.54) is 23.1 Å². The van der Waals surface area contributed by atoms with Crippen LogP contribution in [0.3, 0.4) is 0 Å². The van der Waals surface area contributed by atoms with Gasteiger partial charge in [-0.3, -0.25) is 4.79 Å². The van der Waals surface area contributed by atoms with Crippen molar-refractivity contribution in [1.29, 1.82) is 0 Å². The van der Waals surface area contributed by atoms with E-state index in [4.69, 9.17) is 4.42 Å². The lowest BCUT2D eigenvalue weighted by Gasteiger charge is -2.08. The molecule has 0 spiro atoms. The zero-order chi connectivity index (χ0) is 15.1. The van der Waals surface area contributed by atoms with Crippen LogP contribution in [0.25, 0.3) is 0 Å².